The quantitative estimate of drug-likeness (QED) is 0.187. The molecule has 3 aliphatic rings. The van der Waals surface area contributed by atoms with Crippen molar-refractivity contribution < 1.29 is 38.3 Å². The molecule has 0 aromatic heterocycles. The lowest BCUT2D eigenvalue weighted by atomic mass is 9.70. The summed E-state index contributed by atoms with van der Waals surface area (Å²) < 4.78 is 5.60. The van der Waals surface area contributed by atoms with Crippen molar-refractivity contribution in [3.63, 3.8) is 0 Å². The fourth-order valence-electron chi connectivity index (χ4n) is 7.46. The Morgan fingerprint density at radius 2 is 1.60 bits per heavy atom. The number of fused-ring (bicyclic) bond motifs is 1. The Morgan fingerprint density at radius 3 is 2.21 bits per heavy atom. The molecule has 4 N–H and O–H groups in total. The van der Waals surface area contributed by atoms with Crippen LogP contribution in [0.1, 0.15) is 97.6 Å². The van der Waals surface area contributed by atoms with E-state index in [0.717, 1.165) is 38.5 Å². The summed E-state index contributed by atoms with van der Waals surface area (Å²) in [6.07, 6.45) is 4.70. The Bertz CT molecular complexity index is 1510. The fourth-order valence-corrected chi connectivity index (χ4v) is 7.46. The first-order valence-electron chi connectivity index (χ1n) is 19.0. The molecule has 7 atom stereocenters. The van der Waals surface area contributed by atoms with Crippen molar-refractivity contribution in [1.82, 2.24) is 31.1 Å². The van der Waals surface area contributed by atoms with Gasteiger partial charge >= 0.3 is 6.09 Å². The molecule has 3 fully saturated rings. The van der Waals surface area contributed by atoms with Crippen LogP contribution in [0.5, 0.6) is 0 Å². The van der Waals surface area contributed by atoms with Gasteiger partial charge in [0.05, 0.1) is 12.6 Å². The maximum atomic E-state index is 14.4. The number of likely N-dealkylation sites (N-methyl/N-ethyl adjacent to an activating group) is 1. The molecule has 0 radical (unpaired) electrons. The molecule has 1 heterocycles. The van der Waals surface area contributed by atoms with Crippen LogP contribution >= 0.6 is 0 Å². The Balaban J connectivity index is 1.43. The minimum Gasteiger partial charge on any atom is -0.446 e. The van der Waals surface area contributed by atoms with Gasteiger partial charge in [0, 0.05) is 20.6 Å². The lowest BCUT2D eigenvalue weighted by Gasteiger charge is -2.42. The van der Waals surface area contributed by atoms with Crippen LogP contribution in [0.15, 0.2) is 30.3 Å². The molecular formula is C39H58N6O8. The van der Waals surface area contributed by atoms with Gasteiger partial charge in [-0.15, -0.1) is 0 Å². The number of alkyl carbamates (subject to hydrolysis) is 1. The minimum absolute atomic E-state index is 0.0858. The van der Waals surface area contributed by atoms with Crippen LogP contribution in [0.3, 0.4) is 0 Å². The van der Waals surface area contributed by atoms with Crippen LogP contribution in [0.4, 0.5) is 4.79 Å². The summed E-state index contributed by atoms with van der Waals surface area (Å²) in [4.78, 5) is 96.5. The van der Waals surface area contributed by atoms with Gasteiger partial charge < -0.3 is 35.8 Å². The van der Waals surface area contributed by atoms with E-state index in [1.807, 2.05) is 27.7 Å². The van der Waals surface area contributed by atoms with Gasteiger partial charge in [-0.3, -0.25) is 28.8 Å². The molecule has 1 aromatic carbocycles. The summed E-state index contributed by atoms with van der Waals surface area (Å²) in [5.74, 6) is -3.78. The van der Waals surface area contributed by atoms with Crippen LogP contribution in [-0.4, -0.2) is 103 Å². The molecule has 0 bridgehead atoms. The Labute approximate surface area is 312 Å². The molecule has 14 heteroatoms. The second kappa shape index (κ2) is 18.0. The second-order valence-corrected chi connectivity index (χ2v) is 15.8. The molecule has 1 aliphatic heterocycles. The largest absolute Gasteiger partial charge is 0.446 e. The van der Waals surface area contributed by atoms with Gasteiger partial charge in [0.25, 0.3) is 5.91 Å². The third-order valence-corrected chi connectivity index (χ3v) is 11.1. The molecule has 1 aromatic rings. The van der Waals surface area contributed by atoms with Gasteiger partial charge in [-0.05, 0) is 61.3 Å². The van der Waals surface area contributed by atoms with Gasteiger partial charge in [-0.2, -0.15) is 0 Å². The first kappa shape index (κ1) is 41.3. The minimum atomic E-state index is -1.19. The highest BCUT2D eigenvalue weighted by Crippen LogP contribution is 2.50. The lowest BCUT2D eigenvalue weighted by Crippen LogP contribution is -2.61. The molecule has 2 aliphatic carbocycles. The van der Waals surface area contributed by atoms with Crippen molar-refractivity contribution in [2.75, 3.05) is 27.2 Å². The standard InChI is InChI=1S/C39H58N6O8/c1-8-15-28(32(47)35(49)40-21-29(46)42-30(36(50)44(6)7)25-16-11-9-12-17-25)41-34(48)31-27-20-26(27)22-45(31)37(51)33(39(5)18-13-10-14-19-39)43-38(52)53-24(4)23(2)3/h9,11-12,16-17,23-24,26-28,30-31,33H,8,10,13-15,18-22H2,1-7H3,(H,40,49)(H,41,48)(H,42,46)(H,43,52)/t24?,26-,27?,28?,30-,31-,33+/m0/s1. The third-order valence-electron chi connectivity index (χ3n) is 11.1. The molecule has 0 spiro atoms. The molecule has 1 saturated heterocycles. The number of nitrogens with zero attached hydrogens (tertiary/aromatic N) is 2. The number of carbonyl (C=O) groups excluding carboxylic acids is 7. The van der Waals surface area contributed by atoms with Crippen molar-refractivity contribution in [3.8, 4) is 0 Å². The van der Waals surface area contributed by atoms with E-state index in [2.05, 4.69) is 21.3 Å². The highest BCUT2D eigenvalue weighted by molar-refractivity contribution is 6.38. The zero-order valence-electron chi connectivity index (χ0n) is 32.2. The summed E-state index contributed by atoms with van der Waals surface area (Å²) in [5, 5.41) is 10.6. The van der Waals surface area contributed by atoms with Gasteiger partial charge in [0.2, 0.25) is 29.4 Å². The van der Waals surface area contributed by atoms with Gasteiger partial charge in [-0.1, -0.05) is 83.7 Å². The predicted octanol–water partition coefficient (Wildman–Crippen LogP) is 2.86. The van der Waals surface area contributed by atoms with Crippen LogP contribution in [0, 0.1) is 23.2 Å². The number of ether oxygens (including phenoxy) is 1. The van der Waals surface area contributed by atoms with Crippen LogP contribution in [0.25, 0.3) is 0 Å². The molecule has 53 heavy (non-hydrogen) atoms. The number of nitrogens with one attached hydrogen (secondary N) is 4. The summed E-state index contributed by atoms with van der Waals surface area (Å²) in [6.45, 7) is 9.29. The zero-order valence-corrected chi connectivity index (χ0v) is 32.2. The van der Waals surface area contributed by atoms with E-state index in [4.69, 9.17) is 4.74 Å². The molecule has 2 saturated carbocycles. The average molecular weight is 739 g/mol. The highest BCUT2D eigenvalue weighted by Gasteiger charge is 2.59. The highest BCUT2D eigenvalue weighted by atomic mass is 16.6. The number of carbonyl (C=O) groups is 7. The summed E-state index contributed by atoms with van der Waals surface area (Å²) in [6, 6.07) is 4.71. The summed E-state index contributed by atoms with van der Waals surface area (Å²) in [7, 11) is 3.13. The normalized spacial score (nSPS) is 22.3. The SMILES string of the molecule is CCCC(NC(=O)[C@@H]1C2C[C@H]2CN1C(=O)[C@@H](NC(=O)OC(C)C(C)C)C1(C)CCCCC1)C(=O)C(=O)NCC(=O)N[C@H](C(=O)N(C)C)c1ccccc1. The first-order valence-corrected chi connectivity index (χ1v) is 19.0. The van der Waals surface area contributed by atoms with Gasteiger partial charge in [-0.25, -0.2) is 4.79 Å². The Hall–Kier alpha value is -4.49. The van der Waals surface area contributed by atoms with E-state index in [0.29, 0.717) is 18.5 Å². The van der Waals surface area contributed by atoms with Crippen LogP contribution in [0.2, 0.25) is 0 Å². The van der Waals surface area contributed by atoms with E-state index < -0.39 is 65.7 Å². The summed E-state index contributed by atoms with van der Waals surface area (Å²) >= 11 is 0. The van der Waals surface area contributed by atoms with Crippen molar-refractivity contribution in [2.24, 2.45) is 23.2 Å². The number of piperidine rings is 1. The van der Waals surface area contributed by atoms with Crippen molar-refractivity contribution in [1.29, 1.82) is 0 Å². The van der Waals surface area contributed by atoms with E-state index in [-0.39, 0.29) is 42.1 Å². The lowest BCUT2D eigenvalue weighted by molar-refractivity contribution is -0.145. The molecule has 4 rings (SSSR count). The van der Waals surface area contributed by atoms with Crippen molar-refractivity contribution in [3.05, 3.63) is 35.9 Å². The average Bonchev–Trinajstić information content (AvgIpc) is 3.79. The third kappa shape index (κ3) is 10.3. The van der Waals surface area contributed by atoms with Gasteiger partial charge in [0.15, 0.2) is 0 Å². The van der Waals surface area contributed by atoms with Crippen molar-refractivity contribution in [2.45, 2.75) is 116 Å². The maximum absolute atomic E-state index is 14.4. The van der Waals surface area contributed by atoms with E-state index >= 15 is 0 Å². The van der Waals surface area contributed by atoms with Crippen LogP contribution < -0.4 is 21.3 Å². The van der Waals surface area contributed by atoms with E-state index in [9.17, 15) is 33.6 Å². The monoisotopic (exact) mass is 738 g/mol. The number of amides is 6. The fraction of sp³-hybridized carbons (Fsp3) is 0.667. The number of ketones is 1. The smallest absolute Gasteiger partial charge is 0.408 e. The number of benzene rings is 1. The number of Topliss-reactive ketones (excluding diaryl/α,β-unsaturated/α-hetero) is 1. The molecular weight excluding hydrogens is 680 g/mol. The summed E-state index contributed by atoms with van der Waals surface area (Å²) in [5.41, 5.74) is 0.0236. The predicted molar refractivity (Wildman–Crippen MR) is 197 cm³/mol. The molecule has 14 nitrogen and oxygen atoms in total. The second-order valence-electron chi connectivity index (χ2n) is 15.8. The Morgan fingerprint density at radius 1 is 0.943 bits per heavy atom. The van der Waals surface area contributed by atoms with E-state index in [1.165, 1.54) is 4.90 Å². The number of rotatable bonds is 16. The van der Waals surface area contributed by atoms with Crippen LogP contribution in [-0.2, 0) is 33.5 Å². The van der Waals surface area contributed by atoms with Gasteiger partial charge in [0.1, 0.15) is 24.2 Å². The maximum Gasteiger partial charge on any atom is 0.408 e. The van der Waals surface area contributed by atoms with Crippen molar-refractivity contribution >= 4 is 41.4 Å². The molecule has 292 valence electrons. The van der Waals surface area contributed by atoms with E-state index in [1.54, 1.807) is 56.3 Å². The molecule has 6 amide bonds. The molecule has 3 unspecified atom stereocenters. The topological polar surface area (TPSA) is 183 Å². The Kier molecular flexibility index (Phi) is 14.0. The first-order chi connectivity index (χ1) is 25.1. The number of hydrogen-bond donors (Lipinski definition) is 4. The zero-order chi connectivity index (χ0) is 39.0. The number of hydrogen-bond acceptors (Lipinski definition) is 8. The number of likely N-dealkylation sites (tertiary alicyclic amines) is 1.